The van der Waals surface area contributed by atoms with Crippen LogP contribution in [0.1, 0.15) is 35.7 Å². The van der Waals surface area contributed by atoms with Crippen molar-refractivity contribution < 1.29 is 8.78 Å². The van der Waals surface area contributed by atoms with E-state index in [0.717, 1.165) is 11.6 Å². The molecule has 0 bridgehead atoms. The van der Waals surface area contributed by atoms with E-state index < -0.39 is 11.6 Å². The van der Waals surface area contributed by atoms with Crippen LogP contribution in [0.4, 0.5) is 8.78 Å². The van der Waals surface area contributed by atoms with E-state index in [2.05, 4.69) is 15.9 Å². The van der Waals surface area contributed by atoms with Gasteiger partial charge in [-0.1, -0.05) is 29.8 Å². The van der Waals surface area contributed by atoms with Crippen LogP contribution in [0.2, 0.25) is 0 Å². The molecule has 3 heteroatoms. The van der Waals surface area contributed by atoms with Gasteiger partial charge in [0.2, 0.25) is 0 Å². The number of hydrogen-bond donors (Lipinski definition) is 0. The summed E-state index contributed by atoms with van der Waals surface area (Å²) >= 11 is 3.48. The maximum absolute atomic E-state index is 13.5. The van der Waals surface area contributed by atoms with E-state index in [-0.39, 0.29) is 10.7 Å². The van der Waals surface area contributed by atoms with Crippen LogP contribution in [0.15, 0.2) is 12.1 Å². The predicted molar refractivity (Wildman–Crippen MR) is 55.6 cm³/mol. The Labute approximate surface area is 90.4 Å². The maximum Gasteiger partial charge on any atom is 0.129 e. The molecule has 3 unspecified atom stereocenters. The van der Waals surface area contributed by atoms with E-state index in [1.807, 2.05) is 13.8 Å². The zero-order valence-corrected chi connectivity index (χ0v) is 9.61. The number of benzene rings is 1. The van der Waals surface area contributed by atoms with Gasteiger partial charge in [0.25, 0.3) is 0 Å². The highest BCUT2D eigenvalue weighted by atomic mass is 79.9. The van der Waals surface area contributed by atoms with Crippen LogP contribution in [0.25, 0.3) is 0 Å². The first-order valence-electron chi connectivity index (χ1n) is 4.65. The minimum atomic E-state index is -0.494. The van der Waals surface area contributed by atoms with E-state index >= 15 is 0 Å². The number of fused-ring (bicyclic) bond motifs is 1. The minimum absolute atomic E-state index is 0.0673. The molecule has 0 N–H and O–H groups in total. The fourth-order valence-electron chi connectivity index (χ4n) is 2.11. The normalized spacial score (nSPS) is 30.5. The summed E-state index contributed by atoms with van der Waals surface area (Å²) in [6, 6.07) is 2.39. The molecule has 0 amide bonds. The van der Waals surface area contributed by atoms with Crippen molar-refractivity contribution in [1.82, 2.24) is 0 Å². The van der Waals surface area contributed by atoms with Crippen LogP contribution in [-0.4, -0.2) is 0 Å². The quantitative estimate of drug-likeness (QED) is 0.615. The summed E-state index contributed by atoms with van der Waals surface area (Å²) in [6.45, 7) is 4.02. The van der Waals surface area contributed by atoms with Gasteiger partial charge in [0.05, 0.1) is 0 Å². The van der Waals surface area contributed by atoms with Gasteiger partial charge in [0.1, 0.15) is 11.6 Å². The molecule has 76 valence electrons. The lowest BCUT2D eigenvalue weighted by Crippen LogP contribution is -2.00. The Bertz CT molecular complexity index is 376. The van der Waals surface area contributed by atoms with Crippen molar-refractivity contribution in [2.45, 2.75) is 24.6 Å². The molecule has 0 saturated carbocycles. The monoisotopic (exact) mass is 260 g/mol. The Hall–Kier alpha value is -0.440. The topological polar surface area (TPSA) is 0 Å². The number of hydrogen-bond acceptors (Lipinski definition) is 0. The zero-order valence-electron chi connectivity index (χ0n) is 8.02. The van der Waals surface area contributed by atoms with E-state index in [1.54, 1.807) is 0 Å². The van der Waals surface area contributed by atoms with Gasteiger partial charge < -0.3 is 0 Å². The first-order chi connectivity index (χ1) is 6.52. The summed E-state index contributed by atoms with van der Waals surface area (Å²) in [7, 11) is 0. The lowest BCUT2D eigenvalue weighted by molar-refractivity contribution is 0.508. The van der Waals surface area contributed by atoms with Crippen LogP contribution in [-0.2, 0) is 0 Å². The average Bonchev–Trinajstić information content (AvgIpc) is 2.31. The zero-order chi connectivity index (χ0) is 10.5. The lowest BCUT2D eigenvalue weighted by atomic mass is 9.96. The van der Waals surface area contributed by atoms with Gasteiger partial charge in [-0.05, 0) is 29.0 Å². The Balaban J connectivity index is 2.63. The molecule has 0 radical (unpaired) electrons. The molecule has 0 spiro atoms. The highest BCUT2D eigenvalue weighted by molar-refractivity contribution is 9.09. The molecule has 0 aromatic heterocycles. The summed E-state index contributed by atoms with van der Waals surface area (Å²) in [5, 5.41) is 0. The predicted octanol–water partition coefficient (Wildman–Crippen LogP) is 4.15. The van der Waals surface area contributed by atoms with E-state index in [4.69, 9.17) is 0 Å². The van der Waals surface area contributed by atoms with Gasteiger partial charge in [0, 0.05) is 10.9 Å². The Morgan fingerprint density at radius 1 is 1.21 bits per heavy atom. The molecule has 2 rings (SSSR count). The molecule has 0 nitrogen and oxygen atoms in total. The third-order valence-corrected chi connectivity index (χ3v) is 4.46. The molecule has 1 aromatic rings. The molecule has 1 aliphatic carbocycles. The van der Waals surface area contributed by atoms with Crippen molar-refractivity contribution in [3.63, 3.8) is 0 Å². The summed E-state index contributed by atoms with van der Waals surface area (Å²) in [5.41, 5.74) is 1.43. The molecule has 3 atom stereocenters. The molecule has 0 saturated heterocycles. The number of halogens is 3. The van der Waals surface area contributed by atoms with Crippen LogP contribution in [0, 0.1) is 17.6 Å². The second-order valence-electron chi connectivity index (χ2n) is 3.94. The van der Waals surface area contributed by atoms with Gasteiger partial charge in [-0.3, -0.25) is 0 Å². The first kappa shape index (κ1) is 10.1. The van der Waals surface area contributed by atoms with Gasteiger partial charge >= 0.3 is 0 Å². The van der Waals surface area contributed by atoms with Crippen LogP contribution < -0.4 is 0 Å². The lowest BCUT2D eigenvalue weighted by Gasteiger charge is -2.12. The Morgan fingerprint density at radius 2 is 1.86 bits per heavy atom. The SMILES string of the molecule is CC1c2c(F)cc(F)cc2C(Br)C1C. The fourth-order valence-corrected chi connectivity index (χ4v) is 2.95. The maximum atomic E-state index is 13.5. The van der Waals surface area contributed by atoms with E-state index in [9.17, 15) is 8.78 Å². The van der Waals surface area contributed by atoms with Crippen LogP contribution in [0.3, 0.4) is 0 Å². The van der Waals surface area contributed by atoms with Crippen molar-refractivity contribution in [2.75, 3.05) is 0 Å². The summed E-state index contributed by atoms with van der Waals surface area (Å²) in [4.78, 5) is 0.0673. The highest BCUT2D eigenvalue weighted by Gasteiger charge is 2.36. The van der Waals surface area contributed by atoms with E-state index in [1.165, 1.54) is 6.07 Å². The number of rotatable bonds is 0. The largest absolute Gasteiger partial charge is 0.207 e. The molecule has 1 aliphatic rings. The summed E-state index contributed by atoms with van der Waals surface area (Å²) in [6.07, 6.45) is 0. The molecule has 14 heavy (non-hydrogen) atoms. The molecule has 1 aromatic carbocycles. The summed E-state index contributed by atoms with van der Waals surface area (Å²) < 4.78 is 26.5. The van der Waals surface area contributed by atoms with Crippen molar-refractivity contribution >= 4 is 15.9 Å². The van der Waals surface area contributed by atoms with Crippen molar-refractivity contribution in [2.24, 2.45) is 5.92 Å². The van der Waals surface area contributed by atoms with E-state index in [0.29, 0.717) is 11.5 Å². The summed E-state index contributed by atoms with van der Waals surface area (Å²) in [5.74, 6) is -0.454. The van der Waals surface area contributed by atoms with Crippen LogP contribution in [0.5, 0.6) is 0 Å². The van der Waals surface area contributed by atoms with Crippen molar-refractivity contribution in [1.29, 1.82) is 0 Å². The third kappa shape index (κ3) is 1.29. The smallest absolute Gasteiger partial charge is 0.129 e. The Kier molecular flexibility index (Phi) is 2.38. The van der Waals surface area contributed by atoms with Gasteiger partial charge in [0.15, 0.2) is 0 Å². The molecule has 0 aliphatic heterocycles. The molecular weight excluding hydrogens is 250 g/mol. The number of alkyl halides is 1. The molecule has 0 fully saturated rings. The second kappa shape index (κ2) is 3.30. The van der Waals surface area contributed by atoms with Crippen molar-refractivity contribution in [3.05, 3.63) is 34.9 Å². The minimum Gasteiger partial charge on any atom is -0.207 e. The third-order valence-electron chi connectivity index (χ3n) is 3.13. The van der Waals surface area contributed by atoms with Gasteiger partial charge in [-0.25, -0.2) is 8.78 Å². The Morgan fingerprint density at radius 3 is 2.50 bits per heavy atom. The average molecular weight is 261 g/mol. The van der Waals surface area contributed by atoms with Crippen LogP contribution >= 0.6 is 15.9 Å². The molecule has 0 heterocycles. The first-order valence-corrected chi connectivity index (χ1v) is 5.57. The van der Waals surface area contributed by atoms with Gasteiger partial charge in [-0.15, -0.1) is 0 Å². The molecular formula is C11H11BrF2. The highest BCUT2D eigenvalue weighted by Crippen LogP contribution is 2.50. The van der Waals surface area contributed by atoms with Crippen molar-refractivity contribution in [3.8, 4) is 0 Å². The standard InChI is InChI=1S/C11H11BrF2/c1-5-6(2)11(12)8-3-7(13)4-9(14)10(5)8/h3-6,11H,1-2H3. The van der Waals surface area contributed by atoms with Gasteiger partial charge in [-0.2, -0.15) is 0 Å². The fraction of sp³-hybridized carbons (Fsp3) is 0.455. The second-order valence-corrected chi connectivity index (χ2v) is 4.93.